The summed E-state index contributed by atoms with van der Waals surface area (Å²) < 4.78 is 44.0. The van der Waals surface area contributed by atoms with E-state index < -0.39 is 11.6 Å². The molecule has 0 aromatic heterocycles. The van der Waals surface area contributed by atoms with Crippen LogP contribution in [0.25, 0.3) is 27.8 Å². The molecule has 1 atom stereocenters. The zero-order chi connectivity index (χ0) is 23.4. The number of halogens is 3. The second kappa shape index (κ2) is 10.2. The van der Waals surface area contributed by atoms with Crippen molar-refractivity contribution >= 4 is 5.57 Å². The van der Waals surface area contributed by atoms with Gasteiger partial charge in [0.2, 0.25) is 0 Å². The van der Waals surface area contributed by atoms with Crippen molar-refractivity contribution in [1.29, 1.82) is 0 Å². The van der Waals surface area contributed by atoms with Crippen LogP contribution in [0.2, 0.25) is 0 Å². The molecule has 0 radical (unpaired) electrons. The van der Waals surface area contributed by atoms with E-state index in [1.165, 1.54) is 0 Å². The van der Waals surface area contributed by atoms with Crippen LogP contribution in [0.1, 0.15) is 50.7 Å². The van der Waals surface area contributed by atoms with Crippen LogP contribution in [0.4, 0.5) is 13.2 Å². The van der Waals surface area contributed by atoms with Crippen LogP contribution in [-0.2, 0) is 6.42 Å². The van der Waals surface area contributed by atoms with Gasteiger partial charge in [-0.2, -0.15) is 0 Å². The van der Waals surface area contributed by atoms with Crippen LogP contribution in [-0.4, -0.2) is 0 Å². The molecule has 170 valence electrons. The molecule has 1 aliphatic rings. The first-order chi connectivity index (χ1) is 16.0. The Morgan fingerprint density at radius 1 is 0.848 bits per heavy atom. The Balaban J connectivity index is 1.56. The van der Waals surface area contributed by atoms with Crippen LogP contribution >= 0.6 is 0 Å². The standard InChI is InChI=1S/C30H29F3/c1-3-5-6-24-15-18-27(30(33)29(24)32)23-13-11-21(12-14-23)25-16-17-26(28(31)19-25)22-9-7-20(4-2)8-10-22/h3,5,9,11-20H,4,6-8,10H2,1-2H3/b5-3-. The summed E-state index contributed by atoms with van der Waals surface area (Å²) >= 11 is 0. The Kier molecular flexibility index (Phi) is 7.17. The highest BCUT2D eigenvalue weighted by molar-refractivity contribution is 5.74. The molecule has 0 bridgehead atoms. The SMILES string of the molecule is C/C=C\Cc1ccc(-c2ccc(-c3ccc(C4=CCC(CC)CC4)c(F)c3)cc2)c(F)c1F. The minimum absolute atomic E-state index is 0.220. The molecule has 33 heavy (non-hydrogen) atoms. The summed E-state index contributed by atoms with van der Waals surface area (Å²) in [5.74, 6) is -1.17. The predicted octanol–water partition coefficient (Wildman–Crippen LogP) is 9.15. The second-order valence-electron chi connectivity index (χ2n) is 8.72. The lowest BCUT2D eigenvalue weighted by Gasteiger charge is -2.21. The molecule has 0 heterocycles. The maximum atomic E-state index is 14.9. The molecule has 0 nitrogen and oxygen atoms in total. The van der Waals surface area contributed by atoms with Gasteiger partial charge >= 0.3 is 0 Å². The molecular formula is C30H29F3. The summed E-state index contributed by atoms with van der Waals surface area (Å²) in [4.78, 5) is 0. The third-order valence-corrected chi connectivity index (χ3v) is 6.68. The minimum atomic E-state index is -0.841. The molecule has 1 aliphatic carbocycles. The number of hydrogen-bond donors (Lipinski definition) is 0. The van der Waals surface area contributed by atoms with Crippen LogP contribution in [0, 0.1) is 23.4 Å². The van der Waals surface area contributed by atoms with Gasteiger partial charge in [-0.1, -0.05) is 80.1 Å². The highest BCUT2D eigenvalue weighted by atomic mass is 19.2. The minimum Gasteiger partial charge on any atom is -0.206 e. The quantitative estimate of drug-likeness (QED) is 0.331. The number of rotatable bonds is 6. The zero-order valence-electron chi connectivity index (χ0n) is 19.2. The molecule has 0 spiro atoms. The van der Waals surface area contributed by atoms with Gasteiger partial charge in [0.05, 0.1) is 0 Å². The van der Waals surface area contributed by atoms with Gasteiger partial charge in [0.1, 0.15) is 5.82 Å². The Morgan fingerprint density at radius 3 is 2.18 bits per heavy atom. The van der Waals surface area contributed by atoms with E-state index in [1.54, 1.807) is 36.4 Å². The van der Waals surface area contributed by atoms with Crippen LogP contribution < -0.4 is 0 Å². The van der Waals surface area contributed by atoms with Crippen molar-refractivity contribution in [2.24, 2.45) is 5.92 Å². The molecule has 0 amide bonds. The maximum absolute atomic E-state index is 14.9. The van der Waals surface area contributed by atoms with E-state index in [0.717, 1.165) is 42.4 Å². The molecular weight excluding hydrogens is 417 g/mol. The summed E-state index contributed by atoms with van der Waals surface area (Å²) in [6, 6.07) is 15.7. The van der Waals surface area contributed by atoms with Crippen LogP contribution in [0.5, 0.6) is 0 Å². The monoisotopic (exact) mass is 446 g/mol. The summed E-state index contributed by atoms with van der Waals surface area (Å²) in [6.45, 7) is 4.05. The van der Waals surface area contributed by atoms with Crippen molar-refractivity contribution in [3.8, 4) is 22.3 Å². The fourth-order valence-corrected chi connectivity index (χ4v) is 4.52. The van der Waals surface area contributed by atoms with E-state index >= 15 is 0 Å². The van der Waals surface area contributed by atoms with Gasteiger partial charge in [-0.15, -0.1) is 0 Å². The van der Waals surface area contributed by atoms with Gasteiger partial charge in [-0.05, 0) is 72.4 Å². The van der Waals surface area contributed by atoms with E-state index in [4.69, 9.17) is 0 Å². The third-order valence-electron chi connectivity index (χ3n) is 6.68. The molecule has 4 rings (SSSR count). The normalized spacial score (nSPS) is 16.3. The molecule has 0 saturated heterocycles. The largest absolute Gasteiger partial charge is 0.206 e. The number of hydrogen-bond acceptors (Lipinski definition) is 0. The summed E-state index contributed by atoms with van der Waals surface area (Å²) in [6.07, 6.45) is 10.4. The molecule has 3 heteroatoms. The first-order valence-corrected chi connectivity index (χ1v) is 11.7. The first kappa shape index (κ1) is 23.1. The van der Waals surface area contributed by atoms with Crippen molar-refractivity contribution in [2.75, 3.05) is 0 Å². The number of benzene rings is 3. The molecule has 0 N–H and O–H groups in total. The lowest BCUT2D eigenvalue weighted by Crippen LogP contribution is -2.05. The summed E-state index contributed by atoms with van der Waals surface area (Å²) in [5, 5.41) is 0. The van der Waals surface area contributed by atoms with Gasteiger partial charge in [-0.3, -0.25) is 0 Å². The highest BCUT2D eigenvalue weighted by Crippen LogP contribution is 2.35. The molecule has 0 saturated carbocycles. The van der Waals surface area contributed by atoms with E-state index in [1.807, 2.05) is 37.3 Å². The predicted molar refractivity (Wildman–Crippen MR) is 131 cm³/mol. The smallest absolute Gasteiger partial charge is 0.166 e. The Hall–Kier alpha value is -3.07. The molecule has 3 aromatic carbocycles. The van der Waals surface area contributed by atoms with Gasteiger partial charge in [-0.25, -0.2) is 13.2 Å². The third kappa shape index (κ3) is 4.98. The zero-order valence-corrected chi connectivity index (χ0v) is 19.2. The Labute approximate surface area is 194 Å². The molecule has 3 aromatic rings. The Bertz CT molecular complexity index is 1190. The lowest BCUT2D eigenvalue weighted by atomic mass is 9.85. The number of allylic oxidation sites excluding steroid dienone is 4. The van der Waals surface area contributed by atoms with Crippen molar-refractivity contribution < 1.29 is 13.2 Å². The lowest BCUT2D eigenvalue weighted by molar-refractivity contribution is 0.470. The van der Waals surface area contributed by atoms with E-state index in [9.17, 15) is 13.2 Å². The van der Waals surface area contributed by atoms with Crippen LogP contribution in [0.3, 0.4) is 0 Å². The van der Waals surface area contributed by atoms with E-state index in [2.05, 4.69) is 13.0 Å². The van der Waals surface area contributed by atoms with E-state index in [-0.39, 0.29) is 11.4 Å². The molecule has 0 fully saturated rings. The van der Waals surface area contributed by atoms with Gasteiger partial charge in [0.25, 0.3) is 0 Å². The van der Waals surface area contributed by atoms with E-state index in [0.29, 0.717) is 29.0 Å². The highest BCUT2D eigenvalue weighted by Gasteiger charge is 2.17. The van der Waals surface area contributed by atoms with Crippen molar-refractivity contribution in [1.82, 2.24) is 0 Å². The fourth-order valence-electron chi connectivity index (χ4n) is 4.52. The van der Waals surface area contributed by atoms with Gasteiger partial charge < -0.3 is 0 Å². The van der Waals surface area contributed by atoms with Crippen LogP contribution in [0.15, 0.2) is 72.8 Å². The van der Waals surface area contributed by atoms with Gasteiger partial charge in [0, 0.05) is 11.1 Å². The average molecular weight is 447 g/mol. The average Bonchev–Trinajstić information content (AvgIpc) is 2.85. The van der Waals surface area contributed by atoms with Crippen molar-refractivity contribution in [3.05, 3.63) is 101 Å². The second-order valence-corrected chi connectivity index (χ2v) is 8.72. The molecule has 0 aliphatic heterocycles. The molecule has 1 unspecified atom stereocenters. The maximum Gasteiger partial charge on any atom is 0.166 e. The van der Waals surface area contributed by atoms with Gasteiger partial charge in [0.15, 0.2) is 11.6 Å². The van der Waals surface area contributed by atoms with Crippen molar-refractivity contribution in [2.45, 2.75) is 46.0 Å². The summed E-state index contributed by atoms with van der Waals surface area (Å²) in [7, 11) is 0. The summed E-state index contributed by atoms with van der Waals surface area (Å²) in [5.41, 5.74) is 4.51. The fraction of sp³-hybridized carbons (Fsp3) is 0.267. The topological polar surface area (TPSA) is 0 Å². The van der Waals surface area contributed by atoms with Crippen molar-refractivity contribution in [3.63, 3.8) is 0 Å². The Morgan fingerprint density at radius 2 is 1.55 bits per heavy atom. The first-order valence-electron chi connectivity index (χ1n) is 11.7.